The number of nitrogen functional groups attached to an aromatic ring is 1. The topological polar surface area (TPSA) is 113 Å². The highest BCUT2D eigenvalue weighted by Crippen LogP contribution is 2.31. The second-order valence-corrected chi connectivity index (χ2v) is 9.03. The predicted molar refractivity (Wildman–Crippen MR) is 120 cm³/mol. The van der Waals surface area contributed by atoms with E-state index < -0.39 is 21.9 Å². The van der Waals surface area contributed by atoms with Gasteiger partial charge in [0.15, 0.2) is 0 Å². The number of carbonyl (C=O) groups excluding carboxylic acids is 2. The number of benzene rings is 2. The lowest BCUT2D eigenvalue weighted by molar-refractivity contribution is 0.102. The fourth-order valence-corrected chi connectivity index (χ4v) is 4.69. The monoisotopic (exact) mass is 451 g/mol. The first-order valence-corrected chi connectivity index (χ1v) is 11.3. The molecule has 0 unspecified atom stereocenters. The number of fused-ring (bicyclic) bond motifs is 1. The fourth-order valence-electron chi connectivity index (χ4n) is 3.50. The van der Waals surface area contributed by atoms with Gasteiger partial charge in [0.25, 0.3) is 10.0 Å². The minimum absolute atomic E-state index is 0.0701. The average molecular weight is 452 g/mol. The van der Waals surface area contributed by atoms with Gasteiger partial charge in [0.2, 0.25) is 5.78 Å². The van der Waals surface area contributed by atoms with E-state index >= 15 is 0 Å². The molecule has 0 aliphatic rings. The molecule has 0 amide bonds. The van der Waals surface area contributed by atoms with E-state index in [4.69, 9.17) is 10.5 Å². The highest BCUT2D eigenvalue weighted by Gasteiger charge is 2.28. The van der Waals surface area contributed by atoms with Crippen molar-refractivity contribution in [1.82, 2.24) is 8.54 Å². The minimum Gasteiger partial charge on any atom is -0.449 e. The van der Waals surface area contributed by atoms with E-state index in [2.05, 4.69) is 0 Å². The third-order valence-electron chi connectivity index (χ3n) is 5.11. The van der Waals surface area contributed by atoms with Crippen LogP contribution in [0.3, 0.4) is 0 Å². The van der Waals surface area contributed by atoms with Crippen molar-refractivity contribution in [3.05, 3.63) is 83.8 Å². The highest BCUT2D eigenvalue weighted by atomic mass is 32.2. The SMILES string of the molecule is CCOC(=O)n1c(C(=O)c2ccn(S(=O)(=O)c3ccc(C)cc3)c2)c(N)c2ccccc21. The number of nitrogens with two attached hydrogens (primary N) is 1. The molecule has 0 aliphatic carbocycles. The molecule has 0 fully saturated rings. The Morgan fingerprint density at radius 1 is 1.03 bits per heavy atom. The largest absolute Gasteiger partial charge is 0.449 e. The summed E-state index contributed by atoms with van der Waals surface area (Å²) in [5, 5.41) is 0.524. The molecule has 9 heteroatoms. The zero-order valence-corrected chi connectivity index (χ0v) is 18.3. The molecule has 0 radical (unpaired) electrons. The Morgan fingerprint density at radius 3 is 2.41 bits per heavy atom. The normalized spacial score (nSPS) is 11.6. The van der Waals surface area contributed by atoms with Gasteiger partial charge >= 0.3 is 6.09 Å². The molecule has 0 atom stereocenters. The van der Waals surface area contributed by atoms with E-state index in [9.17, 15) is 18.0 Å². The number of carbonyl (C=O) groups is 2. The van der Waals surface area contributed by atoms with Crippen LogP contribution in [0, 0.1) is 6.92 Å². The van der Waals surface area contributed by atoms with Crippen LogP contribution < -0.4 is 5.73 Å². The van der Waals surface area contributed by atoms with Gasteiger partial charge < -0.3 is 10.5 Å². The molecule has 2 heterocycles. The van der Waals surface area contributed by atoms with Crippen LogP contribution in [-0.2, 0) is 14.8 Å². The number of para-hydroxylation sites is 1. The Balaban J connectivity index is 1.81. The summed E-state index contributed by atoms with van der Waals surface area (Å²) in [4.78, 5) is 26.1. The standard InChI is InChI=1S/C23H21N3O5S/c1-3-31-23(28)26-19-7-5-4-6-18(19)20(24)21(26)22(27)16-12-13-25(14-16)32(29,30)17-10-8-15(2)9-11-17/h4-14H,3,24H2,1-2H3. The molecule has 4 rings (SSSR count). The van der Waals surface area contributed by atoms with E-state index in [1.165, 1.54) is 30.6 Å². The molecule has 0 saturated carbocycles. The van der Waals surface area contributed by atoms with Crippen molar-refractivity contribution in [3.63, 3.8) is 0 Å². The Labute approximate surface area is 184 Å². The molecule has 2 aromatic carbocycles. The van der Waals surface area contributed by atoms with E-state index in [0.717, 1.165) is 14.1 Å². The lowest BCUT2D eigenvalue weighted by Gasteiger charge is -2.09. The first kappa shape index (κ1) is 21.4. The number of nitrogens with zero attached hydrogens (tertiary/aromatic N) is 2. The summed E-state index contributed by atoms with van der Waals surface area (Å²) in [6, 6.07) is 14.6. The summed E-state index contributed by atoms with van der Waals surface area (Å²) in [5.74, 6) is -0.593. The van der Waals surface area contributed by atoms with Crippen molar-refractivity contribution >= 4 is 38.5 Å². The van der Waals surface area contributed by atoms with Crippen molar-refractivity contribution < 1.29 is 22.7 Å². The Hall–Kier alpha value is -3.85. The van der Waals surface area contributed by atoms with Gasteiger partial charge in [-0.2, -0.15) is 0 Å². The molecule has 164 valence electrons. The number of aromatic nitrogens is 2. The molecule has 8 nitrogen and oxygen atoms in total. The molecule has 2 N–H and O–H groups in total. The van der Waals surface area contributed by atoms with Gasteiger partial charge in [0, 0.05) is 23.3 Å². The van der Waals surface area contributed by atoms with Gasteiger partial charge in [-0.25, -0.2) is 21.8 Å². The molecule has 0 spiro atoms. The van der Waals surface area contributed by atoms with Crippen LogP contribution in [0.1, 0.15) is 28.5 Å². The van der Waals surface area contributed by atoms with Crippen LogP contribution in [0.25, 0.3) is 10.9 Å². The van der Waals surface area contributed by atoms with Gasteiger partial charge in [0.05, 0.1) is 22.7 Å². The summed E-state index contributed by atoms with van der Waals surface area (Å²) >= 11 is 0. The summed E-state index contributed by atoms with van der Waals surface area (Å²) in [7, 11) is -3.89. The van der Waals surface area contributed by atoms with Crippen molar-refractivity contribution in [2.75, 3.05) is 12.3 Å². The predicted octanol–water partition coefficient (Wildman–Crippen LogP) is 3.81. The lowest BCUT2D eigenvalue weighted by atomic mass is 10.1. The van der Waals surface area contributed by atoms with E-state index in [1.54, 1.807) is 43.3 Å². The maximum Gasteiger partial charge on any atom is 0.419 e. The minimum atomic E-state index is -3.89. The van der Waals surface area contributed by atoms with Crippen LogP contribution in [0.15, 0.2) is 71.9 Å². The van der Waals surface area contributed by atoms with Crippen molar-refractivity contribution in [2.24, 2.45) is 0 Å². The van der Waals surface area contributed by atoms with Crippen molar-refractivity contribution in [3.8, 4) is 0 Å². The van der Waals surface area contributed by atoms with Crippen LogP contribution >= 0.6 is 0 Å². The summed E-state index contributed by atoms with van der Waals surface area (Å²) in [6.45, 7) is 3.63. The first-order chi connectivity index (χ1) is 15.3. The zero-order valence-electron chi connectivity index (χ0n) is 17.5. The number of ether oxygens (including phenoxy) is 1. The van der Waals surface area contributed by atoms with Crippen LogP contribution in [0.2, 0.25) is 0 Å². The quantitative estimate of drug-likeness (QED) is 0.462. The van der Waals surface area contributed by atoms with Gasteiger partial charge in [-0.1, -0.05) is 35.9 Å². The van der Waals surface area contributed by atoms with Gasteiger partial charge in [-0.3, -0.25) is 4.79 Å². The third kappa shape index (κ3) is 3.46. The Kier molecular flexibility index (Phi) is 5.35. The number of aryl methyl sites for hydroxylation is 1. The number of hydrogen-bond donors (Lipinski definition) is 1. The van der Waals surface area contributed by atoms with E-state index in [1.807, 2.05) is 6.92 Å². The highest BCUT2D eigenvalue weighted by molar-refractivity contribution is 7.90. The molecule has 0 aliphatic heterocycles. The van der Waals surface area contributed by atoms with E-state index in [0.29, 0.717) is 10.9 Å². The van der Waals surface area contributed by atoms with Crippen molar-refractivity contribution in [2.45, 2.75) is 18.7 Å². The number of anilines is 1. The fraction of sp³-hybridized carbons (Fsp3) is 0.130. The Bertz CT molecular complexity index is 1450. The number of rotatable bonds is 5. The van der Waals surface area contributed by atoms with Crippen LogP contribution in [0.5, 0.6) is 0 Å². The molecule has 32 heavy (non-hydrogen) atoms. The second-order valence-electron chi connectivity index (χ2n) is 7.19. The zero-order chi connectivity index (χ0) is 23.0. The summed E-state index contributed by atoms with van der Waals surface area (Å²) in [5.41, 5.74) is 7.70. The summed E-state index contributed by atoms with van der Waals surface area (Å²) < 4.78 is 33.1. The van der Waals surface area contributed by atoms with Crippen LogP contribution in [-0.4, -0.2) is 35.4 Å². The van der Waals surface area contributed by atoms with Gasteiger partial charge in [-0.15, -0.1) is 0 Å². The molecular weight excluding hydrogens is 430 g/mol. The van der Waals surface area contributed by atoms with Gasteiger partial charge in [-0.05, 0) is 38.1 Å². The molecule has 4 aromatic rings. The second kappa shape index (κ2) is 8.01. The van der Waals surface area contributed by atoms with Crippen molar-refractivity contribution in [1.29, 1.82) is 0 Å². The number of hydrogen-bond acceptors (Lipinski definition) is 6. The average Bonchev–Trinajstić information content (AvgIpc) is 3.38. The van der Waals surface area contributed by atoms with Gasteiger partial charge in [0.1, 0.15) is 5.69 Å². The molecular formula is C23H21N3O5S. The lowest BCUT2D eigenvalue weighted by Crippen LogP contribution is -2.20. The third-order valence-corrected chi connectivity index (χ3v) is 6.76. The summed E-state index contributed by atoms with van der Waals surface area (Å²) in [6.07, 6.45) is 1.76. The molecule has 2 aromatic heterocycles. The Morgan fingerprint density at radius 2 is 1.72 bits per heavy atom. The maximum atomic E-state index is 13.4. The maximum absolute atomic E-state index is 13.4. The first-order valence-electron chi connectivity index (χ1n) is 9.86. The molecule has 0 bridgehead atoms. The molecule has 0 saturated heterocycles. The number of ketones is 1. The van der Waals surface area contributed by atoms with E-state index in [-0.39, 0.29) is 28.4 Å². The van der Waals surface area contributed by atoms with Crippen LogP contribution in [0.4, 0.5) is 10.5 Å². The smallest absolute Gasteiger partial charge is 0.419 e.